The molecule has 2 unspecified atom stereocenters. The van der Waals surface area contributed by atoms with Crippen LogP contribution in [0.1, 0.15) is 64.3 Å². The van der Waals surface area contributed by atoms with Crippen molar-refractivity contribution in [1.29, 1.82) is 0 Å². The maximum Gasteiger partial charge on any atom is 0.329 e. The minimum absolute atomic E-state index is 0.165. The number of likely N-dealkylation sites (tertiary alicyclic amines) is 1. The summed E-state index contributed by atoms with van der Waals surface area (Å²) in [5.74, 6) is 1.35. The summed E-state index contributed by atoms with van der Waals surface area (Å²) in [7, 11) is 0. The highest BCUT2D eigenvalue weighted by Crippen LogP contribution is 2.33. The molecule has 1 aliphatic heterocycles. The summed E-state index contributed by atoms with van der Waals surface area (Å²) < 4.78 is 4.04. The first-order chi connectivity index (χ1) is 14.2. The molecule has 1 saturated carbocycles. The standard InChI is InChI=1S/C24H36BrN3O/c1-2-27-22-12-8-9-13-23(22)28(24(27)29)21-14-15-26(18-20(21)16-25)17-19-10-6-4-3-5-7-11-19/h8-9,12-13,19-21H,2-7,10-11,14-18H2,1H3. The van der Waals surface area contributed by atoms with E-state index in [0.717, 1.165) is 48.3 Å². The molecule has 4 nitrogen and oxygen atoms in total. The average molecular weight is 462 g/mol. The van der Waals surface area contributed by atoms with Gasteiger partial charge in [0.2, 0.25) is 0 Å². The Morgan fingerprint density at radius 3 is 2.38 bits per heavy atom. The summed E-state index contributed by atoms with van der Waals surface area (Å²) in [4.78, 5) is 15.9. The zero-order valence-electron chi connectivity index (χ0n) is 17.9. The van der Waals surface area contributed by atoms with Gasteiger partial charge in [-0.3, -0.25) is 9.13 Å². The van der Waals surface area contributed by atoms with E-state index in [-0.39, 0.29) is 11.7 Å². The monoisotopic (exact) mass is 461 g/mol. The number of benzene rings is 1. The second kappa shape index (κ2) is 9.82. The van der Waals surface area contributed by atoms with Crippen LogP contribution in [0.5, 0.6) is 0 Å². The second-order valence-electron chi connectivity index (χ2n) is 9.13. The molecule has 5 heteroatoms. The third-order valence-electron chi connectivity index (χ3n) is 7.23. The molecule has 1 saturated heterocycles. The molecule has 2 fully saturated rings. The highest BCUT2D eigenvalue weighted by molar-refractivity contribution is 9.09. The molecule has 4 rings (SSSR count). The smallest absolute Gasteiger partial charge is 0.303 e. The maximum absolute atomic E-state index is 13.2. The van der Waals surface area contributed by atoms with Gasteiger partial charge in [0.05, 0.1) is 11.0 Å². The van der Waals surface area contributed by atoms with E-state index in [4.69, 9.17) is 0 Å². The second-order valence-corrected chi connectivity index (χ2v) is 9.77. The first-order valence-electron chi connectivity index (χ1n) is 11.7. The van der Waals surface area contributed by atoms with Crippen LogP contribution in [0.15, 0.2) is 29.1 Å². The highest BCUT2D eigenvalue weighted by Gasteiger charge is 2.33. The van der Waals surface area contributed by atoms with Gasteiger partial charge in [-0.05, 0) is 44.2 Å². The van der Waals surface area contributed by atoms with Crippen LogP contribution in [-0.4, -0.2) is 39.0 Å². The summed E-state index contributed by atoms with van der Waals surface area (Å²) in [6.07, 6.45) is 11.0. The van der Waals surface area contributed by atoms with Crippen molar-refractivity contribution < 1.29 is 0 Å². The fraction of sp³-hybridized carbons (Fsp3) is 0.708. The van der Waals surface area contributed by atoms with E-state index in [2.05, 4.69) is 50.5 Å². The average Bonchev–Trinajstić information content (AvgIpc) is 3.00. The lowest BCUT2D eigenvalue weighted by Crippen LogP contribution is -2.46. The number of piperidine rings is 1. The van der Waals surface area contributed by atoms with Crippen LogP contribution < -0.4 is 5.69 Å². The Kier molecular flexibility index (Phi) is 7.17. The van der Waals surface area contributed by atoms with Crippen molar-refractivity contribution >= 4 is 27.0 Å². The summed E-state index contributed by atoms with van der Waals surface area (Å²) in [5.41, 5.74) is 2.34. The van der Waals surface area contributed by atoms with Crippen LogP contribution >= 0.6 is 15.9 Å². The predicted molar refractivity (Wildman–Crippen MR) is 125 cm³/mol. The lowest BCUT2D eigenvalue weighted by atomic mass is 9.88. The molecule has 1 aromatic heterocycles. The molecule has 2 aliphatic rings. The minimum Gasteiger partial charge on any atom is -0.303 e. The SMILES string of the molecule is CCn1c(=O)n(C2CCN(CC3CCCCCCC3)CC2CBr)c2ccccc21. The molecule has 2 heterocycles. The molecule has 1 aliphatic carbocycles. The van der Waals surface area contributed by atoms with Gasteiger partial charge in [0.15, 0.2) is 0 Å². The van der Waals surface area contributed by atoms with E-state index in [1.165, 1.54) is 51.5 Å². The molecule has 0 radical (unpaired) electrons. The molecule has 0 amide bonds. The van der Waals surface area contributed by atoms with E-state index >= 15 is 0 Å². The number of nitrogens with zero attached hydrogens (tertiary/aromatic N) is 3. The number of rotatable bonds is 5. The number of para-hydroxylation sites is 2. The largest absolute Gasteiger partial charge is 0.329 e. The Bertz CT molecular complexity index is 849. The topological polar surface area (TPSA) is 30.2 Å². The van der Waals surface area contributed by atoms with E-state index in [1.807, 2.05) is 10.6 Å². The van der Waals surface area contributed by atoms with E-state index in [1.54, 1.807) is 0 Å². The molecule has 1 aromatic carbocycles. The summed E-state index contributed by atoms with van der Waals surface area (Å²) in [6, 6.07) is 8.59. The van der Waals surface area contributed by atoms with E-state index in [0.29, 0.717) is 5.92 Å². The number of alkyl halides is 1. The Morgan fingerprint density at radius 2 is 1.69 bits per heavy atom. The predicted octanol–water partition coefficient (Wildman–Crippen LogP) is 5.44. The third-order valence-corrected chi connectivity index (χ3v) is 8.07. The normalized spacial score (nSPS) is 25.2. The van der Waals surface area contributed by atoms with Crippen LogP contribution in [0.4, 0.5) is 0 Å². The van der Waals surface area contributed by atoms with Crippen LogP contribution in [0.3, 0.4) is 0 Å². The number of halogens is 1. The Morgan fingerprint density at radius 1 is 1.00 bits per heavy atom. The molecule has 2 atom stereocenters. The fourth-order valence-electron chi connectivity index (χ4n) is 5.70. The first-order valence-corrected chi connectivity index (χ1v) is 12.8. The van der Waals surface area contributed by atoms with Crippen molar-refractivity contribution in [1.82, 2.24) is 14.0 Å². The molecule has 2 aromatic rings. The van der Waals surface area contributed by atoms with Crippen molar-refractivity contribution in [2.24, 2.45) is 11.8 Å². The molecule has 29 heavy (non-hydrogen) atoms. The first kappa shape index (κ1) is 21.2. The molecule has 160 valence electrons. The zero-order chi connectivity index (χ0) is 20.2. The molecular weight excluding hydrogens is 426 g/mol. The van der Waals surface area contributed by atoms with Crippen molar-refractivity contribution in [2.75, 3.05) is 25.0 Å². The lowest BCUT2D eigenvalue weighted by molar-refractivity contribution is 0.112. The molecule has 0 N–H and O–H groups in total. The summed E-state index contributed by atoms with van der Waals surface area (Å²) in [6.45, 7) is 6.26. The van der Waals surface area contributed by atoms with Gasteiger partial charge in [0.25, 0.3) is 0 Å². The third kappa shape index (κ3) is 4.51. The van der Waals surface area contributed by atoms with Gasteiger partial charge < -0.3 is 4.90 Å². The number of imidazole rings is 1. The Labute approximate surface area is 183 Å². The van der Waals surface area contributed by atoms with Gasteiger partial charge in [-0.15, -0.1) is 0 Å². The van der Waals surface area contributed by atoms with Crippen LogP contribution in [0.2, 0.25) is 0 Å². The van der Waals surface area contributed by atoms with Crippen LogP contribution in [-0.2, 0) is 6.54 Å². The molecule has 0 spiro atoms. The lowest BCUT2D eigenvalue weighted by Gasteiger charge is -2.40. The van der Waals surface area contributed by atoms with Gasteiger partial charge in [-0.1, -0.05) is 60.2 Å². The van der Waals surface area contributed by atoms with Crippen molar-refractivity contribution in [3.8, 4) is 0 Å². The maximum atomic E-state index is 13.2. The van der Waals surface area contributed by atoms with Crippen LogP contribution in [0, 0.1) is 11.8 Å². The Balaban J connectivity index is 1.52. The van der Waals surface area contributed by atoms with Gasteiger partial charge >= 0.3 is 5.69 Å². The number of hydrogen-bond acceptors (Lipinski definition) is 2. The number of fused-ring (bicyclic) bond motifs is 1. The fourth-order valence-corrected chi connectivity index (χ4v) is 6.34. The van der Waals surface area contributed by atoms with Gasteiger partial charge in [-0.25, -0.2) is 4.79 Å². The van der Waals surface area contributed by atoms with Gasteiger partial charge in [0, 0.05) is 43.5 Å². The van der Waals surface area contributed by atoms with E-state index in [9.17, 15) is 4.79 Å². The summed E-state index contributed by atoms with van der Waals surface area (Å²) >= 11 is 3.79. The Hall–Kier alpha value is -1.07. The van der Waals surface area contributed by atoms with Gasteiger partial charge in [0.1, 0.15) is 0 Å². The van der Waals surface area contributed by atoms with Crippen LogP contribution in [0.25, 0.3) is 11.0 Å². The molecule has 0 bridgehead atoms. The number of aryl methyl sites for hydroxylation is 1. The highest BCUT2D eigenvalue weighted by atomic mass is 79.9. The quantitative estimate of drug-likeness (QED) is 0.554. The molecular formula is C24H36BrN3O. The summed E-state index contributed by atoms with van der Waals surface area (Å²) in [5, 5.41) is 0.955. The van der Waals surface area contributed by atoms with Gasteiger partial charge in [-0.2, -0.15) is 0 Å². The van der Waals surface area contributed by atoms with Crippen molar-refractivity contribution in [3.05, 3.63) is 34.7 Å². The number of hydrogen-bond donors (Lipinski definition) is 0. The zero-order valence-corrected chi connectivity index (χ0v) is 19.4. The van der Waals surface area contributed by atoms with Crippen molar-refractivity contribution in [2.45, 2.75) is 70.9 Å². The minimum atomic E-state index is 0.165. The number of aromatic nitrogens is 2. The van der Waals surface area contributed by atoms with E-state index < -0.39 is 0 Å². The van der Waals surface area contributed by atoms with Crippen molar-refractivity contribution in [3.63, 3.8) is 0 Å².